The Morgan fingerprint density at radius 1 is 1.19 bits per heavy atom. The van der Waals surface area contributed by atoms with Crippen LogP contribution in [0.25, 0.3) is 16.7 Å². The van der Waals surface area contributed by atoms with E-state index in [0.29, 0.717) is 17.7 Å². The highest BCUT2D eigenvalue weighted by Gasteiger charge is 2.28. The molecule has 0 aromatic carbocycles. The zero-order valence-corrected chi connectivity index (χ0v) is 16.4. The van der Waals surface area contributed by atoms with Crippen molar-refractivity contribution in [1.29, 1.82) is 0 Å². The second kappa shape index (κ2) is 6.63. The first-order valence-corrected chi connectivity index (χ1v) is 10.2. The predicted octanol–water partition coefficient (Wildman–Crippen LogP) is 2.68. The molecule has 0 amide bonds. The first kappa shape index (κ1) is 18.0. The van der Waals surface area contributed by atoms with Crippen LogP contribution in [0.15, 0.2) is 53.9 Å². The minimum atomic E-state index is -3.99. The van der Waals surface area contributed by atoms with E-state index >= 15 is 0 Å². The Kier molecular flexibility index (Phi) is 4.41. The van der Waals surface area contributed by atoms with Gasteiger partial charge in [-0.25, -0.2) is 13.9 Å². The van der Waals surface area contributed by atoms with Gasteiger partial charge in [-0.05, 0) is 50.3 Å². The number of halogens is 1. The lowest BCUT2D eigenvalue weighted by Crippen LogP contribution is -2.16. The summed E-state index contributed by atoms with van der Waals surface area (Å²) in [5.74, 6) is 0. The summed E-state index contributed by atoms with van der Waals surface area (Å²) in [5.41, 5.74) is 1.77. The molecule has 0 radical (unpaired) electrons. The minimum absolute atomic E-state index is 0.0613. The molecule has 0 aliphatic heterocycles. The third-order valence-electron chi connectivity index (χ3n) is 4.39. The number of rotatable bonds is 5. The van der Waals surface area contributed by atoms with Crippen LogP contribution in [0.5, 0.6) is 0 Å². The van der Waals surface area contributed by atoms with Gasteiger partial charge in [0.2, 0.25) is 0 Å². The molecule has 0 saturated carbocycles. The first-order valence-electron chi connectivity index (χ1n) is 8.37. The summed E-state index contributed by atoms with van der Waals surface area (Å²) in [6.45, 7) is 0.796. The molecule has 4 rings (SSSR count). The van der Waals surface area contributed by atoms with Crippen molar-refractivity contribution in [3.8, 4) is 0 Å². The minimum Gasteiger partial charge on any atom is -0.309 e. The number of aromatic nitrogens is 4. The van der Waals surface area contributed by atoms with E-state index in [4.69, 9.17) is 11.6 Å². The van der Waals surface area contributed by atoms with Crippen molar-refractivity contribution >= 4 is 38.3 Å². The molecule has 0 aliphatic rings. The third kappa shape index (κ3) is 2.99. The van der Waals surface area contributed by atoms with E-state index in [9.17, 15) is 8.42 Å². The van der Waals surface area contributed by atoms with Gasteiger partial charge in [0.05, 0.1) is 0 Å². The van der Waals surface area contributed by atoms with Crippen LogP contribution in [0.1, 0.15) is 5.56 Å². The fourth-order valence-electron chi connectivity index (χ4n) is 3.09. The molecule has 0 bridgehead atoms. The number of hydrogen-bond acceptors (Lipinski definition) is 5. The van der Waals surface area contributed by atoms with E-state index in [2.05, 4.69) is 14.9 Å². The zero-order valence-electron chi connectivity index (χ0n) is 14.9. The lowest BCUT2D eigenvalue weighted by Gasteiger charge is -2.08. The van der Waals surface area contributed by atoms with Crippen LogP contribution >= 0.6 is 11.6 Å². The molecular formula is C18H18ClN5O2S. The standard InChI is InChI=1S/C18H18ClN5O2S/c1-22(2)11-8-13-12-24(17-14(13)6-5-9-20-17)27(25,26)18-16(19)21-15-7-3-4-10-23(15)18/h3-7,9-10,12H,8,11H2,1-2H3. The van der Waals surface area contributed by atoms with E-state index in [0.717, 1.165) is 17.5 Å². The van der Waals surface area contributed by atoms with E-state index in [1.54, 1.807) is 42.9 Å². The van der Waals surface area contributed by atoms with Crippen LogP contribution in [0.3, 0.4) is 0 Å². The van der Waals surface area contributed by atoms with Crippen LogP contribution in [0.2, 0.25) is 5.15 Å². The number of hydrogen-bond donors (Lipinski definition) is 0. The predicted molar refractivity (Wildman–Crippen MR) is 105 cm³/mol. The molecular weight excluding hydrogens is 386 g/mol. The van der Waals surface area contributed by atoms with Gasteiger partial charge in [-0.2, -0.15) is 8.42 Å². The summed E-state index contributed by atoms with van der Waals surface area (Å²) in [4.78, 5) is 10.5. The molecule has 0 atom stereocenters. The highest BCUT2D eigenvalue weighted by molar-refractivity contribution is 7.90. The lowest BCUT2D eigenvalue weighted by atomic mass is 10.1. The molecule has 7 nitrogen and oxygen atoms in total. The number of imidazole rings is 1. The Balaban J connectivity index is 1.94. The number of likely N-dealkylation sites (N-methyl/N-ethyl adjacent to an activating group) is 1. The maximum atomic E-state index is 13.5. The summed E-state index contributed by atoms with van der Waals surface area (Å²) >= 11 is 6.21. The van der Waals surface area contributed by atoms with Gasteiger partial charge in [0.1, 0.15) is 5.65 Å². The SMILES string of the molecule is CN(C)CCc1cn(S(=O)(=O)c2c(Cl)nc3ccccn23)c2ncccc12. The van der Waals surface area contributed by atoms with Crippen molar-refractivity contribution in [3.63, 3.8) is 0 Å². The zero-order chi connectivity index (χ0) is 19.2. The van der Waals surface area contributed by atoms with Gasteiger partial charge in [-0.15, -0.1) is 0 Å². The van der Waals surface area contributed by atoms with Gasteiger partial charge in [0.15, 0.2) is 15.8 Å². The molecule has 0 unspecified atom stereocenters. The second-order valence-electron chi connectivity index (χ2n) is 6.52. The van der Waals surface area contributed by atoms with Crippen LogP contribution in [-0.2, 0) is 16.4 Å². The van der Waals surface area contributed by atoms with Crippen LogP contribution in [0.4, 0.5) is 0 Å². The largest absolute Gasteiger partial charge is 0.309 e. The highest BCUT2D eigenvalue weighted by Crippen LogP contribution is 2.29. The average Bonchev–Trinajstić information content (AvgIpc) is 3.17. The number of nitrogens with zero attached hydrogens (tertiary/aromatic N) is 5. The quantitative estimate of drug-likeness (QED) is 0.512. The molecule has 0 N–H and O–H groups in total. The monoisotopic (exact) mass is 403 g/mol. The van der Waals surface area contributed by atoms with E-state index in [1.807, 2.05) is 20.2 Å². The normalized spacial score (nSPS) is 12.4. The van der Waals surface area contributed by atoms with Crippen molar-refractivity contribution in [2.24, 2.45) is 0 Å². The number of fused-ring (bicyclic) bond motifs is 2. The van der Waals surface area contributed by atoms with Gasteiger partial charge in [0.25, 0.3) is 10.0 Å². The van der Waals surface area contributed by atoms with Crippen molar-refractivity contribution in [1.82, 2.24) is 23.2 Å². The van der Waals surface area contributed by atoms with Gasteiger partial charge in [-0.1, -0.05) is 17.7 Å². The Morgan fingerprint density at radius 2 is 2.00 bits per heavy atom. The van der Waals surface area contributed by atoms with Gasteiger partial charge in [-0.3, -0.25) is 4.40 Å². The Bertz CT molecular complexity index is 1240. The van der Waals surface area contributed by atoms with E-state index in [1.165, 1.54) is 8.37 Å². The third-order valence-corrected chi connectivity index (χ3v) is 6.44. The highest BCUT2D eigenvalue weighted by atomic mass is 35.5. The topological polar surface area (TPSA) is 72.5 Å². The van der Waals surface area contributed by atoms with Crippen molar-refractivity contribution in [2.75, 3.05) is 20.6 Å². The second-order valence-corrected chi connectivity index (χ2v) is 8.61. The summed E-state index contributed by atoms with van der Waals surface area (Å²) in [5, 5.41) is 0.683. The van der Waals surface area contributed by atoms with Crippen molar-refractivity contribution < 1.29 is 8.42 Å². The van der Waals surface area contributed by atoms with E-state index < -0.39 is 10.0 Å². The van der Waals surface area contributed by atoms with Crippen LogP contribution in [-0.4, -0.2) is 52.3 Å². The van der Waals surface area contributed by atoms with Gasteiger partial charge < -0.3 is 4.90 Å². The van der Waals surface area contributed by atoms with Gasteiger partial charge in [0, 0.05) is 30.5 Å². The Hall–Kier alpha value is -2.42. The summed E-state index contributed by atoms with van der Waals surface area (Å²) < 4.78 is 29.6. The fraction of sp³-hybridized carbons (Fsp3) is 0.222. The molecule has 27 heavy (non-hydrogen) atoms. The summed E-state index contributed by atoms with van der Waals surface area (Å²) in [6, 6.07) is 8.91. The molecule has 4 aromatic rings. The molecule has 0 fully saturated rings. The van der Waals surface area contributed by atoms with Crippen LogP contribution < -0.4 is 0 Å². The molecule has 140 valence electrons. The molecule has 0 aliphatic carbocycles. The first-order chi connectivity index (χ1) is 12.9. The fourth-order valence-corrected chi connectivity index (χ4v) is 5.05. The summed E-state index contributed by atoms with van der Waals surface area (Å²) in [7, 11) is -0.0311. The Morgan fingerprint density at radius 3 is 2.78 bits per heavy atom. The van der Waals surface area contributed by atoms with E-state index in [-0.39, 0.29) is 10.2 Å². The summed E-state index contributed by atoms with van der Waals surface area (Å²) in [6.07, 6.45) is 5.56. The maximum Gasteiger partial charge on any atom is 0.288 e. The molecule has 9 heteroatoms. The number of pyridine rings is 2. The smallest absolute Gasteiger partial charge is 0.288 e. The molecule has 4 aromatic heterocycles. The maximum absolute atomic E-state index is 13.5. The van der Waals surface area contributed by atoms with Gasteiger partial charge >= 0.3 is 0 Å². The average molecular weight is 404 g/mol. The lowest BCUT2D eigenvalue weighted by molar-refractivity contribution is 0.414. The van der Waals surface area contributed by atoms with Crippen LogP contribution in [0, 0.1) is 0 Å². The Labute approximate surface area is 161 Å². The van der Waals surface area contributed by atoms with Crippen molar-refractivity contribution in [3.05, 3.63) is 59.6 Å². The molecule has 4 heterocycles. The molecule has 0 spiro atoms. The molecule has 0 saturated heterocycles. The van der Waals surface area contributed by atoms with Crippen molar-refractivity contribution in [2.45, 2.75) is 11.4 Å².